The van der Waals surface area contributed by atoms with Crippen molar-refractivity contribution in [3.05, 3.63) is 29.3 Å². The summed E-state index contributed by atoms with van der Waals surface area (Å²) in [5, 5.41) is 3.20. The van der Waals surface area contributed by atoms with Crippen LogP contribution in [0.2, 0.25) is 0 Å². The first-order valence-corrected chi connectivity index (χ1v) is 7.40. The Morgan fingerprint density at radius 1 is 1.24 bits per heavy atom. The molecule has 120 valence electrons. The minimum Gasteiger partial charge on any atom is -0.494 e. The zero-order valence-corrected chi connectivity index (χ0v) is 12.9. The lowest BCUT2D eigenvalue weighted by molar-refractivity contribution is -0.136. The number of rotatable bonds is 8. The normalized spacial score (nSPS) is 13.2. The molecule has 5 heteroatoms. The van der Waals surface area contributed by atoms with Gasteiger partial charge in [-0.1, -0.05) is 24.6 Å². The number of halogens is 3. The monoisotopic (exact) mass is 303 g/mol. The average Bonchev–Trinajstić information content (AvgIpc) is 2.40. The average molecular weight is 303 g/mol. The topological polar surface area (TPSA) is 21.3 Å². The summed E-state index contributed by atoms with van der Waals surface area (Å²) in [4.78, 5) is 0. The van der Waals surface area contributed by atoms with E-state index in [4.69, 9.17) is 4.74 Å². The summed E-state index contributed by atoms with van der Waals surface area (Å²) in [5.74, 6) is 0.666. The smallest absolute Gasteiger partial charge is 0.389 e. The van der Waals surface area contributed by atoms with Crippen molar-refractivity contribution < 1.29 is 17.9 Å². The van der Waals surface area contributed by atoms with Crippen LogP contribution in [0.5, 0.6) is 5.75 Å². The van der Waals surface area contributed by atoms with Gasteiger partial charge in [0, 0.05) is 18.0 Å². The molecule has 0 heterocycles. The van der Waals surface area contributed by atoms with Gasteiger partial charge in [0.1, 0.15) is 5.75 Å². The van der Waals surface area contributed by atoms with E-state index < -0.39 is 12.6 Å². The third-order valence-corrected chi connectivity index (χ3v) is 3.20. The summed E-state index contributed by atoms with van der Waals surface area (Å²) in [6.45, 7) is 6.97. The second-order valence-electron chi connectivity index (χ2n) is 5.13. The molecule has 1 aromatic rings. The summed E-state index contributed by atoms with van der Waals surface area (Å²) in [6, 6.07) is 5.32. The van der Waals surface area contributed by atoms with Gasteiger partial charge < -0.3 is 10.1 Å². The minimum atomic E-state index is -4.14. The molecule has 1 N–H and O–H groups in total. The minimum absolute atomic E-state index is 0.0209. The Labute approximate surface area is 124 Å². The molecule has 0 radical (unpaired) electrons. The number of nitrogens with one attached hydrogen (secondary N) is 1. The Morgan fingerprint density at radius 3 is 2.52 bits per heavy atom. The first-order valence-electron chi connectivity index (χ1n) is 7.40. The summed E-state index contributed by atoms with van der Waals surface area (Å²) >= 11 is 0. The first kappa shape index (κ1) is 17.8. The van der Waals surface area contributed by atoms with Crippen molar-refractivity contribution in [2.75, 3.05) is 13.2 Å². The predicted molar refractivity (Wildman–Crippen MR) is 78.7 cm³/mol. The van der Waals surface area contributed by atoms with Crippen molar-refractivity contribution in [2.45, 2.75) is 52.3 Å². The fourth-order valence-electron chi connectivity index (χ4n) is 2.22. The molecule has 0 spiro atoms. The molecule has 0 aliphatic rings. The highest BCUT2D eigenvalue weighted by Gasteiger charge is 2.29. The predicted octanol–water partition coefficient (Wildman–Crippen LogP) is 4.78. The highest BCUT2D eigenvalue weighted by Crippen LogP contribution is 2.33. The summed E-state index contributed by atoms with van der Waals surface area (Å²) in [5.41, 5.74) is 1.83. The standard InChI is InChI=1S/C16H24F3NO/c1-4-10-20-14(8-9-16(17,18)19)13-11-12(3)6-7-15(13)21-5-2/h6-7,11,14,20H,4-5,8-10H2,1-3H3. The van der Waals surface area contributed by atoms with E-state index in [1.807, 2.05) is 39.0 Å². The van der Waals surface area contributed by atoms with E-state index in [9.17, 15) is 13.2 Å². The highest BCUT2D eigenvalue weighted by molar-refractivity contribution is 5.39. The van der Waals surface area contributed by atoms with Gasteiger partial charge in [0.15, 0.2) is 0 Å². The van der Waals surface area contributed by atoms with Crippen LogP contribution in [0, 0.1) is 6.92 Å². The Morgan fingerprint density at radius 2 is 1.95 bits per heavy atom. The van der Waals surface area contributed by atoms with E-state index in [0.29, 0.717) is 18.9 Å². The summed E-state index contributed by atoms with van der Waals surface area (Å²) in [6.07, 6.45) is -4.04. The second-order valence-corrected chi connectivity index (χ2v) is 5.13. The molecule has 21 heavy (non-hydrogen) atoms. The van der Waals surface area contributed by atoms with Gasteiger partial charge in [-0.2, -0.15) is 13.2 Å². The molecule has 0 aliphatic carbocycles. The molecule has 0 aromatic heterocycles. The number of aryl methyl sites for hydroxylation is 1. The quantitative estimate of drug-likeness (QED) is 0.746. The fourth-order valence-corrected chi connectivity index (χ4v) is 2.22. The molecule has 0 saturated heterocycles. The van der Waals surface area contributed by atoms with E-state index in [2.05, 4.69) is 5.32 Å². The molecule has 1 aromatic carbocycles. The molecule has 0 fully saturated rings. The summed E-state index contributed by atoms with van der Waals surface area (Å²) in [7, 11) is 0. The molecule has 0 bridgehead atoms. The molecule has 0 saturated carbocycles. The number of benzene rings is 1. The van der Waals surface area contributed by atoms with E-state index in [-0.39, 0.29) is 12.5 Å². The number of hydrogen-bond donors (Lipinski definition) is 1. The highest BCUT2D eigenvalue weighted by atomic mass is 19.4. The molecule has 0 amide bonds. The maximum absolute atomic E-state index is 12.5. The van der Waals surface area contributed by atoms with Crippen LogP contribution in [0.4, 0.5) is 13.2 Å². The van der Waals surface area contributed by atoms with Crippen LogP contribution < -0.4 is 10.1 Å². The van der Waals surface area contributed by atoms with E-state index in [1.54, 1.807) is 0 Å². The van der Waals surface area contributed by atoms with Crippen LogP contribution in [0.25, 0.3) is 0 Å². The maximum Gasteiger partial charge on any atom is 0.389 e. The van der Waals surface area contributed by atoms with Gasteiger partial charge in [0.05, 0.1) is 6.61 Å². The first-order chi connectivity index (χ1) is 9.87. The lowest BCUT2D eigenvalue weighted by atomic mass is 9.98. The van der Waals surface area contributed by atoms with Gasteiger partial charge in [0.2, 0.25) is 0 Å². The fraction of sp³-hybridized carbons (Fsp3) is 0.625. The lowest BCUT2D eigenvalue weighted by Crippen LogP contribution is -2.24. The zero-order valence-electron chi connectivity index (χ0n) is 12.9. The van der Waals surface area contributed by atoms with Gasteiger partial charge >= 0.3 is 6.18 Å². The van der Waals surface area contributed by atoms with E-state index in [0.717, 1.165) is 17.5 Å². The van der Waals surface area contributed by atoms with E-state index >= 15 is 0 Å². The maximum atomic E-state index is 12.5. The zero-order chi connectivity index (χ0) is 15.9. The molecule has 2 nitrogen and oxygen atoms in total. The van der Waals surface area contributed by atoms with Crippen molar-refractivity contribution in [3.8, 4) is 5.75 Å². The van der Waals surface area contributed by atoms with Crippen LogP contribution >= 0.6 is 0 Å². The van der Waals surface area contributed by atoms with Crippen LogP contribution in [0.1, 0.15) is 50.3 Å². The summed E-state index contributed by atoms with van der Waals surface area (Å²) < 4.78 is 43.1. The SMILES string of the molecule is CCCNC(CCC(F)(F)F)c1cc(C)ccc1OCC. The number of alkyl halides is 3. The Bertz CT molecular complexity index is 432. The lowest BCUT2D eigenvalue weighted by Gasteiger charge is -2.23. The molecule has 1 rings (SSSR count). The molecular weight excluding hydrogens is 279 g/mol. The van der Waals surface area contributed by atoms with Crippen LogP contribution in [0.3, 0.4) is 0 Å². The van der Waals surface area contributed by atoms with Crippen molar-refractivity contribution in [2.24, 2.45) is 0 Å². The molecule has 0 aliphatic heterocycles. The van der Waals surface area contributed by atoms with Crippen LogP contribution in [-0.2, 0) is 0 Å². The van der Waals surface area contributed by atoms with E-state index in [1.165, 1.54) is 0 Å². The molecule has 1 unspecified atom stereocenters. The third kappa shape index (κ3) is 6.38. The number of ether oxygens (including phenoxy) is 1. The van der Waals surface area contributed by atoms with Crippen LogP contribution in [0.15, 0.2) is 18.2 Å². The van der Waals surface area contributed by atoms with Crippen molar-refractivity contribution in [1.29, 1.82) is 0 Å². The Kier molecular flexibility index (Phi) is 7.02. The van der Waals surface area contributed by atoms with Crippen molar-refractivity contribution in [3.63, 3.8) is 0 Å². The number of hydrogen-bond acceptors (Lipinski definition) is 2. The third-order valence-electron chi connectivity index (χ3n) is 3.20. The van der Waals surface area contributed by atoms with Gasteiger partial charge in [0.25, 0.3) is 0 Å². The molecule has 1 atom stereocenters. The van der Waals surface area contributed by atoms with Crippen molar-refractivity contribution in [1.82, 2.24) is 5.32 Å². The second kappa shape index (κ2) is 8.27. The Hall–Kier alpha value is -1.23. The van der Waals surface area contributed by atoms with Gasteiger partial charge in [-0.15, -0.1) is 0 Å². The van der Waals surface area contributed by atoms with Crippen molar-refractivity contribution >= 4 is 0 Å². The largest absolute Gasteiger partial charge is 0.494 e. The van der Waals surface area contributed by atoms with Gasteiger partial charge in [-0.3, -0.25) is 0 Å². The van der Waals surface area contributed by atoms with Crippen LogP contribution in [-0.4, -0.2) is 19.3 Å². The van der Waals surface area contributed by atoms with Gasteiger partial charge in [-0.05, 0) is 39.3 Å². The van der Waals surface area contributed by atoms with Gasteiger partial charge in [-0.25, -0.2) is 0 Å². The Balaban J connectivity index is 2.97. The molecular formula is C16H24F3NO.